The van der Waals surface area contributed by atoms with Gasteiger partial charge in [0, 0.05) is 17.5 Å². The van der Waals surface area contributed by atoms with Crippen molar-refractivity contribution in [2.75, 3.05) is 6.54 Å². The van der Waals surface area contributed by atoms with Gasteiger partial charge in [0.1, 0.15) is 0 Å². The Morgan fingerprint density at radius 2 is 2.09 bits per heavy atom. The standard InChI is InChI=1S/C18H24N2OS/c1-13-18(22-14(2)19-13)12-20-10-6-9-16(20)11-17(21)15-7-4-3-5-8-15/h3-5,7-8,16-17,21H,6,9-12H2,1-2H3. The quantitative estimate of drug-likeness (QED) is 0.910. The first-order chi connectivity index (χ1) is 10.6. The van der Waals surface area contributed by atoms with Gasteiger partial charge < -0.3 is 5.11 Å². The Labute approximate surface area is 136 Å². The summed E-state index contributed by atoms with van der Waals surface area (Å²) in [5, 5.41) is 11.6. The van der Waals surface area contributed by atoms with Crippen LogP contribution in [-0.2, 0) is 6.54 Å². The van der Waals surface area contributed by atoms with Crippen LogP contribution in [0.2, 0.25) is 0 Å². The predicted octanol–water partition coefficient (Wildman–Crippen LogP) is 3.85. The van der Waals surface area contributed by atoms with Crippen molar-refractivity contribution in [3.8, 4) is 0 Å². The van der Waals surface area contributed by atoms with Gasteiger partial charge in [-0.25, -0.2) is 4.98 Å². The van der Waals surface area contributed by atoms with Crippen molar-refractivity contribution in [2.24, 2.45) is 0 Å². The SMILES string of the molecule is Cc1nc(C)c(CN2CCCC2CC(O)c2ccccc2)s1. The molecule has 3 rings (SSSR count). The summed E-state index contributed by atoms with van der Waals surface area (Å²) in [5.41, 5.74) is 2.19. The average molecular weight is 316 g/mol. The molecule has 0 radical (unpaired) electrons. The van der Waals surface area contributed by atoms with Gasteiger partial charge in [-0.1, -0.05) is 30.3 Å². The van der Waals surface area contributed by atoms with E-state index in [-0.39, 0.29) is 6.10 Å². The number of aliphatic hydroxyl groups is 1. The summed E-state index contributed by atoms with van der Waals surface area (Å²) in [6.45, 7) is 6.27. The predicted molar refractivity (Wildman–Crippen MR) is 91.0 cm³/mol. The van der Waals surface area contributed by atoms with Crippen LogP contribution in [0.3, 0.4) is 0 Å². The van der Waals surface area contributed by atoms with E-state index in [1.807, 2.05) is 30.3 Å². The fourth-order valence-corrected chi connectivity index (χ4v) is 4.31. The van der Waals surface area contributed by atoms with Gasteiger partial charge in [-0.3, -0.25) is 4.90 Å². The topological polar surface area (TPSA) is 36.4 Å². The largest absolute Gasteiger partial charge is 0.388 e. The van der Waals surface area contributed by atoms with Crippen LogP contribution in [-0.4, -0.2) is 27.6 Å². The van der Waals surface area contributed by atoms with Crippen molar-refractivity contribution < 1.29 is 5.11 Å². The number of aromatic nitrogens is 1. The lowest BCUT2D eigenvalue weighted by Crippen LogP contribution is -2.30. The molecule has 1 aromatic heterocycles. The Morgan fingerprint density at radius 1 is 1.32 bits per heavy atom. The summed E-state index contributed by atoms with van der Waals surface area (Å²) in [4.78, 5) is 8.42. The highest BCUT2D eigenvalue weighted by atomic mass is 32.1. The van der Waals surface area contributed by atoms with Crippen LogP contribution in [0.5, 0.6) is 0 Å². The van der Waals surface area contributed by atoms with Crippen LogP contribution in [0.1, 0.15) is 46.5 Å². The molecule has 0 saturated carbocycles. The first-order valence-corrected chi connectivity index (χ1v) is 8.85. The minimum atomic E-state index is -0.365. The third-order valence-corrected chi connectivity index (χ3v) is 5.58. The zero-order valence-corrected chi connectivity index (χ0v) is 14.1. The fraction of sp³-hybridized carbons (Fsp3) is 0.500. The summed E-state index contributed by atoms with van der Waals surface area (Å²) in [6.07, 6.45) is 2.86. The summed E-state index contributed by atoms with van der Waals surface area (Å²) in [5.74, 6) is 0. The second kappa shape index (κ2) is 6.90. The van der Waals surface area contributed by atoms with E-state index in [2.05, 4.69) is 23.7 Å². The number of benzene rings is 1. The summed E-state index contributed by atoms with van der Waals surface area (Å²) in [6, 6.07) is 10.5. The van der Waals surface area contributed by atoms with Gasteiger partial charge in [0.25, 0.3) is 0 Å². The molecule has 4 heteroatoms. The van der Waals surface area contributed by atoms with Crippen LogP contribution in [0.15, 0.2) is 30.3 Å². The van der Waals surface area contributed by atoms with E-state index in [9.17, 15) is 5.11 Å². The summed E-state index contributed by atoms with van der Waals surface area (Å²) >= 11 is 1.80. The molecule has 1 N–H and O–H groups in total. The van der Waals surface area contributed by atoms with Crippen LogP contribution >= 0.6 is 11.3 Å². The lowest BCUT2D eigenvalue weighted by molar-refractivity contribution is 0.118. The van der Waals surface area contributed by atoms with Gasteiger partial charge in [0.15, 0.2) is 0 Å². The van der Waals surface area contributed by atoms with E-state index in [1.54, 1.807) is 11.3 Å². The molecule has 0 bridgehead atoms. The Bertz CT molecular complexity index is 611. The number of rotatable bonds is 5. The lowest BCUT2D eigenvalue weighted by atomic mass is 10.0. The third kappa shape index (κ3) is 3.57. The lowest BCUT2D eigenvalue weighted by Gasteiger charge is -2.26. The molecule has 1 aromatic carbocycles. The maximum absolute atomic E-state index is 10.5. The highest BCUT2D eigenvalue weighted by molar-refractivity contribution is 7.11. The minimum absolute atomic E-state index is 0.365. The van der Waals surface area contributed by atoms with E-state index in [0.29, 0.717) is 6.04 Å². The van der Waals surface area contributed by atoms with Crippen LogP contribution in [0.4, 0.5) is 0 Å². The van der Waals surface area contributed by atoms with Crippen LogP contribution < -0.4 is 0 Å². The third-order valence-electron chi connectivity index (χ3n) is 4.53. The molecule has 1 aliphatic rings. The molecular weight excluding hydrogens is 292 g/mol. The molecule has 0 aliphatic carbocycles. The number of likely N-dealkylation sites (tertiary alicyclic amines) is 1. The molecule has 2 heterocycles. The number of aryl methyl sites for hydroxylation is 2. The maximum Gasteiger partial charge on any atom is 0.0900 e. The Kier molecular flexibility index (Phi) is 4.91. The van der Waals surface area contributed by atoms with Crippen molar-refractivity contribution in [3.63, 3.8) is 0 Å². The fourth-order valence-electron chi connectivity index (χ4n) is 3.34. The van der Waals surface area contributed by atoms with E-state index >= 15 is 0 Å². The zero-order chi connectivity index (χ0) is 15.5. The van der Waals surface area contributed by atoms with Crippen molar-refractivity contribution >= 4 is 11.3 Å². The molecule has 0 spiro atoms. The molecule has 118 valence electrons. The molecule has 1 saturated heterocycles. The van der Waals surface area contributed by atoms with E-state index in [0.717, 1.165) is 35.8 Å². The summed E-state index contributed by atoms with van der Waals surface area (Å²) < 4.78 is 0. The number of hydrogen-bond acceptors (Lipinski definition) is 4. The van der Waals surface area contributed by atoms with Gasteiger partial charge in [0.05, 0.1) is 16.8 Å². The first kappa shape index (κ1) is 15.7. The average Bonchev–Trinajstić information content (AvgIpc) is 3.07. The van der Waals surface area contributed by atoms with Crippen LogP contribution in [0.25, 0.3) is 0 Å². The van der Waals surface area contributed by atoms with E-state index in [4.69, 9.17) is 0 Å². The number of hydrogen-bond donors (Lipinski definition) is 1. The van der Waals surface area contributed by atoms with Gasteiger partial charge in [0.2, 0.25) is 0 Å². The van der Waals surface area contributed by atoms with Gasteiger partial charge in [-0.05, 0) is 45.2 Å². The van der Waals surface area contributed by atoms with Gasteiger partial charge in [-0.2, -0.15) is 0 Å². The second-order valence-corrected chi connectivity index (χ2v) is 7.46. The highest BCUT2D eigenvalue weighted by Crippen LogP contribution is 2.30. The van der Waals surface area contributed by atoms with Crippen molar-refractivity contribution in [1.82, 2.24) is 9.88 Å². The van der Waals surface area contributed by atoms with Crippen molar-refractivity contribution in [3.05, 3.63) is 51.5 Å². The number of thiazole rings is 1. The van der Waals surface area contributed by atoms with Gasteiger partial charge in [-0.15, -0.1) is 11.3 Å². The van der Waals surface area contributed by atoms with Crippen LogP contribution in [0, 0.1) is 13.8 Å². The first-order valence-electron chi connectivity index (χ1n) is 8.03. The van der Waals surface area contributed by atoms with E-state index < -0.39 is 0 Å². The summed E-state index contributed by atoms with van der Waals surface area (Å²) in [7, 11) is 0. The molecule has 2 aromatic rings. The Hall–Kier alpha value is -1.23. The number of nitrogens with zero attached hydrogens (tertiary/aromatic N) is 2. The second-order valence-electron chi connectivity index (χ2n) is 6.17. The molecule has 1 aliphatic heterocycles. The zero-order valence-electron chi connectivity index (χ0n) is 13.3. The molecule has 0 amide bonds. The molecule has 2 atom stereocenters. The molecule has 22 heavy (non-hydrogen) atoms. The highest BCUT2D eigenvalue weighted by Gasteiger charge is 2.28. The Morgan fingerprint density at radius 3 is 2.77 bits per heavy atom. The molecule has 2 unspecified atom stereocenters. The van der Waals surface area contributed by atoms with Crippen molar-refractivity contribution in [2.45, 2.75) is 51.8 Å². The Balaban J connectivity index is 1.64. The smallest absolute Gasteiger partial charge is 0.0900 e. The normalized spacial score (nSPS) is 20.4. The van der Waals surface area contributed by atoms with E-state index in [1.165, 1.54) is 17.7 Å². The maximum atomic E-state index is 10.5. The van der Waals surface area contributed by atoms with Gasteiger partial charge >= 0.3 is 0 Å². The molecule has 3 nitrogen and oxygen atoms in total. The molecular formula is C18H24N2OS. The minimum Gasteiger partial charge on any atom is -0.388 e. The monoisotopic (exact) mass is 316 g/mol. The number of aliphatic hydroxyl groups excluding tert-OH is 1. The van der Waals surface area contributed by atoms with Crippen molar-refractivity contribution in [1.29, 1.82) is 0 Å². The molecule has 1 fully saturated rings.